The number of carbonyl (C=O) groups is 2. The Morgan fingerprint density at radius 1 is 0.862 bits per heavy atom. The second-order valence-corrected chi connectivity index (χ2v) is 6.83. The minimum absolute atomic E-state index is 0.150. The van der Waals surface area contributed by atoms with Gasteiger partial charge in [0.05, 0.1) is 5.52 Å². The summed E-state index contributed by atoms with van der Waals surface area (Å²) in [5.74, 6) is -0.596. The van der Waals surface area contributed by atoms with Crippen LogP contribution in [0.1, 0.15) is 32.2 Å². The quantitative estimate of drug-likeness (QED) is 0.546. The predicted molar refractivity (Wildman–Crippen MR) is 113 cm³/mol. The van der Waals surface area contributed by atoms with Gasteiger partial charge in [0.25, 0.3) is 11.8 Å². The number of hydrogen-bond acceptors (Lipinski definition) is 3. The number of carbonyl (C=O) groups excluding carboxylic acids is 2. The van der Waals surface area contributed by atoms with E-state index in [1.807, 2.05) is 68.4 Å². The number of rotatable bonds is 4. The van der Waals surface area contributed by atoms with Crippen LogP contribution >= 0.6 is 0 Å². The third-order valence-corrected chi connectivity index (χ3v) is 4.64. The summed E-state index contributed by atoms with van der Waals surface area (Å²) in [7, 11) is 0. The zero-order valence-electron chi connectivity index (χ0n) is 16.1. The maximum absolute atomic E-state index is 12.9. The molecule has 0 aliphatic heterocycles. The van der Waals surface area contributed by atoms with Gasteiger partial charge in [-0.25, -0.2) is 4.98 Å². The van der Waals surface area contributed by atoms with Gasteiger partial charge < -0.3 is 10.6 Å². The topological polar surface area (TPSA) is 75.5 Å². The number of nitrogens with zero attached hydrogens (tertiary/aromatic N) is 2. The molecule has 6 nitrogen and oxygen atoms in total. The van der Waals surface area contributed by atoms with Crippen LogP contribution in [0.25, 0.3) is 5.52 Å². The van der Waals surface area contributed by atoms with Crippen molar-refractivity contribution in [2.45, 2.75) is 13.8 Å². The molecular weight excluding hydrogens is 364 g/mol. The first-order chi connectivity index (χ1) is 14.0. The molecule has 4 rings (SSSR count). The molecule has 2 amide bonds. The van der Waals surface area contributed by atoms with Crippen LogP contribution in [0.2, 0.25) is 0 Å². The summed E-state index contributed by atoms with van der Waals surface area (Å²) in [5.41, 5.74) is 4.13. The molecule has 0 saturated heterocycles. The Bertz CT molecular complexity index is 1230. The lowest BCUT2D eigenvalue weighted by molar-refractivity contribution is 0.101. The number of para-hydroxylation sites is 1. The molecule has 0 aliphatic carbocycles. The minimum atomic E-state index is -0.383. The molecule has 2 N–H and O–H groups in total. The minimum Gasteiger partial charge on any atom is -0.320 e. The Kier molecular flexibility index (Phi) is 4.83. The van der Waals surface area contributed by atoms with Gasteiger partial charge in [-0.05, 0) is 55.3 Å². The summed E-state index contributed by atoms with van der Waals surface area (Å²) >= 11 is 0. The number of amides is 2. The second kappa shape index (κ2) is 7.59. The third-order valence-electron chi connectivity index (χ3n) is 4.64. The summed E-state index contributed by atoms with van der Waals surface area (Å²) in [6, 6.07) is 20.4. The van der Waals surface area contributed by atoms with Crippen LogP contribution in [0.4, 0.5) is 11.4 Å². The fourth-order valence-corrected chi connectivity index (χ4v) is 3.17. The van der Waals surface area contributed by atoms with Gasteiger partial charge >= 0.3 is 0 Å². The molecule has 0 unspecified atom stereocenters. The van der Waals surface area contributed by atoms with Gasteiger partial charge in [-0.3, -0.25) is 14.0 Å². The number of aromatic nitrogens is 2. The van der Waals surface area contributed by atoms with Crippen molar-refractivity contribution in [2.24, 2.45) is 0 Å². The van der Waals surface area contributed by atoms with Crippen molar-refractivity contribution in [3.05, 3.63) is 95.6 Å². The Morgan fingerprint density at radius 2 is 1.66 bits per heavy atom. The van der Waals surface area contributed by atoms with E-state index in [0.29, 0.717) is 16.9 Å². The molecule has 0 aliphatic rings. The molecule has 6 heteroatoms. The molecule has 2 aromatic carbocycles. The van der Waals surface area contributed by atoms with E-state index < -0.39 is 0 Å². The normalized spacial score (nSPS) is 10.7. The first-order valence-corrected chi connectivity index (χ1v) is 9.25. The summed E-state index contributed by atoms with van der Waals surface area (Å²) in [5, 5.41) is 5.73. The molecule has 0 saturated carbocycles. The molecule has 2 aromatic heterocycles. The number of nitrogens with one attached hydrogen (secondary N) is 2. The van der Waals surface area contributed by atoms with E-state index in [2.05, 4.69) is 15.6 Å². The first kappa shape index (κ1) is 18.4. The average molecular weight is 384 g/mol. The van der Waals surface area contributed by atoms with Crippen LogP contribution in [0.5, 0.6) is 0 Å². The van der Waals surface area contributed by atoms with Crippen LogP contribution in [-0.4, -0.2) is 21.2 Å². The standard InChI is InChI=1S/C23H20N4O2/c1-15-8-7-10-17(14-15)24-23(29)21-26-20(19-12-5-6-13-27(19)21)22(28)25-18-11-4-3-9-16(18)2/h3-14H,1-2H3,(H,24,29)(H,25,28). The van der Waals surface area contributed by atoms with E-state index in [9.17, 15) is 9.59 Å². The van der Waals surface area contributed by atoms with Gasteiger partial charge in [-0.2, -0.15) is 0 Å². The summed E-state index contributed by atoms with van der Waals surface area (Å²) in [6.07, 6.45) is 1.72. The molecule has 0 bridgehead atoms. The van der Waals surface area contributed by atoms with Crippen molar-refractivity contribution in [3.8, 4) is 0 Å². The number of pyridine rings is 1. The molecule has 0 atom stereocenters. The molecule has 0 radical (unpaired) electrons. The maximum Gasteiger partial charge on any atom is 0.292 e. The van der Waals surface area contributed by atoms with E-state index in [1.165, 1.54) is 0 Å². The largest absolute Gasteiger partial charge is 0.320 e. The Balaban J connectivity index is 1.69. The van der Waals surface area contributed by atoms with E-state index in [1.54, 1.807) is 22.7 Å². The van der Waals surface area contributed by atoms with Crippen LogP contribution < -0.4 is 10.6 Å². The second-order valence-electron chi connectivity index (χ2n) is 6.83. The van der Waals surface area contributed by atoms with Gasteiger partial charge in [0.2, 0.25) is 5.82 Å². The highest BCUT2D eigenvalue weighted by molar-refractivity contribution is 6.10. The van der Waals surface area contributed by atoms with Gasteiger partial charge in [-0.15, -0.1) is 0 Å². The smallest absolute Gasteiger partial charge is 0.292 e. The number of aryl methyl sites for hydroxylation is 2. The molecule has 2 heterocycles. The number of benzene rings is 2. The van der Waals surface area contributed by atoms with Crippen molar-refractivity contribution < 1.29 is 9.59 Å². The lowest BCUT2D eigenvalue weighted by Gasteiger charge is -2.06. The highest BCUT2D eigenvalue weighted by atomic mass is 16.2. The van der Waals surface area contributed by atoms with E-state index >= 15 is 0 Å². The summed E-state index contributed by atoms with van der Waals surface area (Å²) < 4.78 is 1.62. The molecule has 0 spiro atoms. The third kappa shape index (κ3) is 3.73. The SMILES string of the molecule is Cc1cccc(NC(=O)c2nc(C(=O)Nc3ccccc3C)c3ccccn23)c1. The van der Waals surface area contributed by atoms with Crippen LogP contribution in [-0.2, 0) is 0 Å². The number of imidazole rings is 1. The Morgan fingerprint density at radius 3 is 2.45 bits per heavy atom. The number of hydrogen-bond donors (Lipinski definition) is 2. The molecule has 4 aromatic rings. The van der Waals surface area contributed by atoms with Gasteiger partial charge in [0, 0.05) is 17.6 Å². The summed E-state index contributed by atoms with van der Waals surface area (Å²) in [6.45, 7) is 3.87. The predicted octanol–water partition coefficient (Wildman–Crippen LogP) is 4.46. The van der Waals surface area contributed by atoms with Crippen molar-refractivity contribution in [1.82, 2.24) is 9.38 Å². The van der Waals surface area contributed by atoms with Gasteiger partial charge in [0.1, 0.15) is 0 Å². The molecule has 29 heavy (non-hydrogen) atoms. The zero-order chi connectivity index (χ0) is 20.4. The summed E-state index contributed by atoms with van der Waals surface area (Å²) in [4.78, 5) is 30.1. The lowest BCUT2D eigenvalue weighted by atomic mass is 10.2. The maximum atomic E-state index is 12.9. The highest BCUT2D eigenvalue weighted by Crippen LogP contribution is 2.19. The van der Waals surface area contributed by atoms with Gasteiger partial charge in [-0.1, -0.05) is 36.4 Å². The molecule has 144 valence electrons. The number of fused-ring (bicyclic) bond motifs is 1. The first-order valence-electron chi connectivity index (χ1n) is 9.25. The molecule has 0 fully saturated rings. The van der Waals surface area contributed by atoms with E-state index in [0.717, 1.165) is 11.1 Å². The highest BCUT2D eigenvalue weighted by Gasteiger charge is 2.22. The fraction of sp³-hybridized carbons (Fsp3) is 0.0870. The van der Waals surface area contributed by atoms with Crippen LogP contribution in [0, 0.1) is 13.8 Å². The van der Waals surface area contributed by atoms with Crippen molar-refractivity contribution in [1.29, 1.82) is 0 Å². The Hall–Kier alpha value is -3.93. The van der Waals surface area contributed by atoms with E-state index in [4.69, 9.17) is 0 Å². The lowest BCUT2D eigenvalue weighted by Crippen LogP contribution is -2.16. The fourth-order valence-electron chi connectivity index (χ4n) is 3.17. The zero-order valence-corrected chi connectivity index (χ0v) is 16.1. The monoisotopic (exact) mass is 384 g/mol. The molecular formula is C23H20N4O2. The Labute approximate surface area is 168 Å². The van der Waals surface area contributed by atoms with E-state index in [-0.39, 0.29) is 23.3 Å². The van der Waals surface area contributed by atoms with Crippen molar-refractivity contribution >= 4 is 28.7 Å². The average Bonchev–Trinajstić information content (AvgIpc) is 3.10. The van der Waals surface area contributed by atoms with Gasteiger partial charge in [0.15, 0.2) is 5.69 Å². The van der Waals surface area contributed by atoms with Crippen molar-refractivity contribution in [3.63, 3.8) is 0 Å². The van der Waals surface area contributed by atoms with Crippen LogP contribution in [0.3, 0.4) is 0 Å². The van der Waals surface area contributed by atoms with Crippen molar-refractivity contribution in [2.75, 3.05) is 10.6 Å². The van der Waals surface area contributed by atoms with Crippen LogP contribution in [0.15, 0.2) is 72.9 Å². The number of anilines is 2.